The van der Waals surface area contributed by atoms with Crippen LogP contribution in [0.4, 0.5) is 0 Å². The average Bonchev–Trinajstić information content (AvgIpc) is 3.18. The molecule has 3 aliphatic carbocycles. The second kappa shape index (κ2) is 14.3. The zero-order valence-electron chi connectivity index (χ0n) is 33.7. The predicted molar refractivity (Wildman–Crippen MR) is 201 cm³/mol. The summed E-state index contributed by atoms with van der Waals surface area (Å²) in [7, 11) is 0. The van der Waals surface area contributed by atoms with Crippen LogP contribution in [-0.4, -0.2) is 83.3 Å². The third kappa shape index (κ3) is 7.63. The molecule has 51 heavy (non-hydrogen) atoms. The Bertz CT molecular complexity index is 1360. The van der Waals surface area contributed by atoms with Crippen LogP contribution in [0.25, 0.3) is 0 Å². The van der Waals surface area contributed by atoms with Gasteiger partial charge in [-0.15, -0.1) is 0 Å². The molecule has 0 bridgehead atoms. The fraction of sp³-hybridized carbons (Fsp3) is 0.881. The number of nitrogens with one attached hydrogen (secondary N) is 1. The van der Waals surface area contributed by atoms with Crippen LogP contribution >= 0.6 is 0 Å². The van der Waals surface area contributed by atoms with Crippen molar-refractivity contribution >= 4 is 29.2 Å². The minimum absolute atomic E-state index is 0.00781. The average molecular weight is 711 g/mol. The van der Waals surface area contributed by atoms with Crippen molar-refractivity contribution in [3.63, 3.8) is 0 Å². The molecule has 5 fully saturated rings. The number of carbonyl (C=O) groups excluding carboxylic acids is 5. The lowest BCUT2D eigenvalue weighted by molar-refractivity contribution is -0.147. The van der Waals surface area contributed by atoms with E-state index in [2.05, 4.69) is 58.7 Å². The van der Waals surface area contributed by atoms with Gasteiger partial charge >= 0.3 is 0 Å². The van der Waals surface area contributed by atoms with Crippen molar-refractivity contribution in [1.29, 1.82) is 0 Å². The summed E-state index contributed by atoms with van der Waals surface area (Å²) in [6.07, 6.45) is 8.03. The molecule has 5 rings (SSSR count). The van der Waals surface area contributed by atoms with Crippen molar-refractivity contribution in [2.45, 2.75) is 158 Å². The summed E-state index contributed by atoms with van der Waals surface area (Å²) in [5, 5.41) is 3.60. The summed E-state index contributed by atoms with van der Waals surface area (Å²) in [5.41, 5.74) is 4.85. The Morgan fingerprint density at radius 1 is 0.843 bits per heavy atom. The number of rotatable bonds is 14. The normalized spacial score (nSPS) is 30.7. The van der Waals surface area contributed by atoms with E-state index in [1.165, 1.54) is 0 Å². The minimum Gasteiger partial charge on any atom is -0.363 e. The van der Waals surface area contributed by atoms with Crippen molar-refractivity contribution in [3.05, 3.63) is 0 Å². The van der Waals surface area contributed by atoms with Gasteiger partial charge in [0.2, 0.25) is 11.7 Å². The summed E-state index contributed by atoms with van der Waals surface area (Å²) in [6.45, 7) is 25.0. The molecule has 2 saturated heterocycles. The fourth-order valence-corrected chi connectivity index (χ4v) is 11.2. The summed E-state index contributed by atoms with van der Waals surface area (Å²) in [6, 6.07) is 0.121. The highest BCUT2D eigenvalue weighted by atomic mass is 16.2. The molecule has 7 atom stereocenters. The van der Waals surface area contributed by atoms with Gasteiger partial charge in [-0.2, -0.15) is 0 Å². The van der Waals surface area contributed by atoms with Gasteiger partial charge in [0.25, 0.3) is 5.91 Å². The highest BCUT2D eigenvalue weighted by molar-refractivity contribution is 6.36. The smallest absolute Gasteiger partial charge is 0.285 e. The third-order valence-corrected chi connectivity index (χ3v) is 15.0. The van der Waals surface area contributed by atoms with E-state index in [0.717, 1.165) is 58.2 Å². The molecule has 0 aromatic rings. The van der Waals surface area contributed by atoms with Crippen molar-refractivity contribution in [2.24, 2.45) is 56.5 Å². The number of carbonyl (C=O) groups is 5. The molecule has 3 saturated carbocycles. The first kappa shape index (κ1) is 40.1. The molecule has 2 spiro atoms. The molecule has 288 valence electrons. The monoisotopic (exact) mass is 711 g/mol. The van der Waals surface area contributed by atoms with Crippen molar-refractivity contribution in [2.75, 3.05) is 26.2 Å². The number of likely N-dealkylation sites (tertiary alicyclic amines) is 1. The maximum atomic E-state index is 15.0. The van der Waals surface area contributed by atoms with Gasteiger partial charge in [-0.3, -0.25) is 28.9 Å². The zero-order chi connectivity index (χ0) is 37.9. The zero-order valence-corrected chi connectivity index (χ0v) is 33.7. The van der Waals surface area contributed by atoms with E-state index >= 15 is 0 Å². The van der Waals surface area contributed by atoms with Gasteiger partial charge in [0, 0.05) is 74.8 Å². The molecule has 2 amide bonds. The Kier molecular flexibility index (Phi) is 11.2. The second-order valence-corrected chi connectivity index (χ2v) is 20.6. The molecule has 3 N–H and O–H groups in total. The first-order chi connectivity index (χ1) is 23.5. The van der Waals surface area contributed by atoms with Crippen LogP contribution in [0.3, 0.4) is 0 Å². The Balaban J connectivity index is 1.38. The predicted octanol–water partition coefficient (Wildman–Crippen LogP) is 5.96. The highest BCUT2D eigenvalue weighted by Gasteiger charge is 2.85. The summed E-state index contributed by atoms with van der Waals surface area (Å²) < 4.78 is 0. The lowest BCUT2D eigenvalue weighted by Crippen LogP contribution is -2.55. The van der Waals surface area contributed by atoms with Crippen molar-refractivity contribution in [1.82, 2.24) is 15.1 Å². The topological polar surface area (TPSA) is 130 Å². The SMILES string of the molecule is C[C@H]1CN(C[C@@H](CC(=O)C[C@H](C(=O)N2C[C@]3(C[C@H]2C(=O)CC(CC2CCC2)C(=O)C(N)=O)C(C)(C)C32CCC2)C(C)(C)C)C(C)(C)C)C[C@H](C)N1. The Morgan fingerprint density at radius 2 is 1.45 bits per heavy atom. The van der Waals surface area contributed by atoms with Gasteiger partial charge in [0.05, 0.1) is 6.04 Å². The highest BCUT2D eigenvalue weighted by Crippen LogP contribution is 2.88. The van der Waals surface area contributed by atoms with Crippen LogP contribution in [0.15, 0.2) is 0 Å². The fourth-order valence-electron chi connectivity index (χ4n) is 11.2. The molecular formula is C42H70N4O5. The molecule has 0 aromatic carbocycles. The van der Waals surface area contributed by atoms with Gasteiger partial charge in [0.15, 0.2) is 5.78 Å². The van der Waals surface area contributed by atoms with Crippen LogP contribution in [-0.2, 0) is 24.0 Å². The number of nitrogens with two attached hydrogens (primary N) is 1. The molecule has 9 heteroatoms. The maximum Gasteiger partial charge on any atom is 0.285 e. The van der Waals surface area contributed by atoms with E-state index in [0.29, 0.717) is 43.8 Å². The number of nitrogens with zero attached hydrogens (tertiary/aromatic N) is 2. The Hall–Kier alpha value is -2.13. The van der Waals surface area contributed by atoms with Crippen LogP contribution in [0.1, 0.15) is 140 Å². The van der Waals surface area contributed by atoms with Crippen LogP contribution in [0, 0.1) is 50.7 Å². The molecule has 0 radical (unpaired) electrons. The summed E-state index contributed by atoms with van der Waals surface area (Å²) in [4.78, 5) is 73.0. The minimum atomic E-state index is -0.986. The van der Waals surface area contributed by atoms with E-state index in [9.17, 15) is 24.0 Å². The Labute approximate surface area is 308 Å². The lowest BCUT2D eigenvalue weighted by Gasteiger charge is -2.41. The first-order valence-corrected chi connectivity index (χ1v) is 20.2. The largest absolute Gasteiger partial charge is 0.363 e. The van der Waals surface area contributed by atoms with E-state index in [-0.39, 0.29) is 57.9 Å². The number of amides is 2. The molecule has 0 aromatic heterocycles. The third-order valence-electron chi connectivity index (χ3n) is 15.0. The van der Waals surface area contributed by atoms with E-state index in [1.54, 1.807) is 0 Å². The number of Topliss-reactive ketones (excluding diaryl/α,β-unsaturated/α-hetero) is 3. The van der Waals surface area contributed by atoms with Gasteiger partial charge in [-0.25, -0.2) is 0 Å². The van der Waals surface area contributed by atoms with Crippen LogP contribution in [0.2, 0.25) is 0 Å². The first-order valence-electron chi connectivity index (χ1n) is 20.2. The molecular weight excluding hydrogens is 640 g/mol. The number of ketones is 3. The number of hydrogen-bond donors (Lipinski definition) is 2. The molecule has 2 heterocycles. The van der Waals surface area contributed by atoms with Gasteiger partial charge < -0.3 is 16.0 Å². The van der Waals surface area contributed by atoms with Crippen molar-refractivity contribution in [3.8, 4) is 0 Å². The summed E-state index contributed by atoms with van der Waals surface area (Å²) in [5.74, 6) is -2.65. The standard InChI is InChI=1S/C42H70N4O5/c1-26-22-45(23-27(2)44-26)24-30(38(3,4)5)19-31(47)20-32(39(6,7)8)37(51)46-25-42(40(9,10)41(42)15-12-16-41)21-33(46)34(48)18-29(35(49)36(43)50)17-28-13-11-14-28/h26-30,32-33,44H,11-25H2,1-10H3,(H2,43,50)/t26-,27-,29?,30+,32+,33-,42+/m0/s1. The van der Waals surface area contributed by atoms with E-state index in [1.807, 2.05) is 25.7 Å². The molecule has 1 unspecified atom stereocenters. The van der Waals surface area contributed by atoms with Crippen molar-refractivity contribution < 1.29 is 24.0 Å². The van der Waals surface area contributed by atoms with E-state index < -0.39 is 35.0 Å². The number of piperazine rings is 1. The quantitative estimate of drug-likeness (QED) is 0.213. The molecule has 9 nitrogen and oxygen atoms in total. The van der Waals surface area contributed by atoms with Gasteiger partial charge in [-0.1, -0.05) is 81.1 Å². The van der Waals surface area contributed by atoms with E-state index in [4.69, 9.17) is 5.73 Å². The molecule has 5 aliphatic rings. The number of primary amides is 1. The Morgan fingerprint density at radius 3 is 1.90 bits per heavy atom. The maximum absolute atomic E-state index is 15.0. The summed E-state index contributed by atoms with van der Waals surface area (Å²) >= 11 is 0. The lowest BCUT2D eigenvalue weighted by atomic mass is 9.73. The van der Waals surface area contributed by atoms with Gasteiger partial charge in [-0.05, 0) is 73.0 Å². The van der Waals surface area contributed by atoms with Crippen LogP contribution in [0.5, 0.6) is 0 Å². The number of hydrogen-bond acceptors (Lipinski definition) is 7. The second-order valence-electron chi connectivity index (χ2n) is 20.6. The van der Waals surface area contributed by atoms with Gasteiger partial charge in [0.1, 0.15) is 5.78 Å². The number of fused-ring (bicyclic) bond motifs is 1. The van der Waals surface area contributed by atoms with Crippen LogP contribution < -0.4 is 11.1 Å². The molecule has 2 aliphatic heterocycles.